The van der Waals surface area contributed by atoms with E-state index in [1.807, 2.05) is 0 Å². The monoisotopic (exact) mass is 268 g/mol. The molecule has 2 rings (SSSR count). The number of rotatable bonds is 4. The SMILES string of the molecule is NNc1ccc(Cl)c(C(=O)NCC2CCCC2)n1. The molecule has 1 aliphatic rings. The van der Waals surface area contributed by atoms with E-state index in [0.29, 0.717) is 23.3 Å². The van der Waals surface area contributed by atoms with Crippen molar-refractivity contribution < 1.29 is 4.79 Å². The van der Waals surface area contributed by atoms with Crippen molar-refractivity contribution in [3.05, 3.63) is 22.8 Å². The van der Waals surface area contributed by atoms with Gasteiger partial charge in [-0.1, -0.05) is 24.4 Å². The number of nitrogens with one attached hydrogen (secondary N) is 2. The van der Waals surface area contributed by atoms with Gasteiger partial charge in [0.1, 0.15) is 11.5 Å². The topological polar surface area (TPSA) is 80.0 Å². The molecule has 0 radical (unpaired) electrons. The van der Waals surface area contributed by atoms with E-state index >= 15 is 0 Å². The maximum Gasteiger partial charge on any atom is 0.271 e. The van der Waals surface area contributed by atoms with E-state index in [1.54, 1.807) is 12.1 Å². The smallest absolute Gasteiger partial charge is 0.271 e. The van der Waals surface area contributed by atoms with Crippen molar-refractivity contribution in [3.8, 4) is 0 Å². The lowest BCUT2D eigenvalue weighted by Gasteiger charge is -2.11. The Labute approximate surface area is 111 Å². The van der Waals surface area contributed by atoms with E-state index in [1.165, 1.54) is 25.7 Å². The van der Waals surface area contributed by atoms with Crippen LogP contribution >= 0.6 is 11.6 Å². The molecule has 0 aromatic carbocycles. The molecule has 1 fully saturated rings. The van der Waals surface area contributed by atoms with Crippen LogP contribution in [0.2, 0.25) is 5.02 Å². The van der Waals surface area contributed by atoms with Crippen LogP contribution in [0.15, 0.2) is 12.1 Å². The number of hydrazine groups is 1. The molecular formula is C12H17ClN4O. The number of hydrogen-bond donors (Lipinski definition) is 3. The summed E-state index contributed by atoms with van der Waals surface area (Å²) in [5, 5.41) is 3.21. The Hall–Kier alpha value is -1.33. The second kappa shape index (κ2) is 6.02. The number of pyridine rings is 1. The van der Waals surface area contributed by atoms with E-state index in [9.17, 15) is 4.79 Å². The first-order valence-corrected chi connectivity index (χ1v) is 6.50. The Morgan fingerprint density at radius 2 is 2.17 bits per heavy atom. The van der Waals surface area contributed by atoms with E-state index in [2.05, 4.69) is 15.7 Å². The molecule has 1 aromatic heterocycles. The van der Waals surface area contributed by atoms with Crippen LogP contribution in [0.25, 0.3) is 0 Å². The summed E-state index contributed by atoms with van der Waals surface area (Å²) >= 11 is 5.95. The number of hydrogen-bond acceptors (Lipinski definition) is 4. The molecule has 0 bridgehead atoms. The van der Waals surface area contributed by atoms with Gasteiger partial charge in [-0.15, -0.1) is 0 Å². The lowest BCUT2D eigenvalue weighted by molar-refractivity contribution is 0.0942. The third kappa shape index (κ3) is 3.11. The minimum Gasteiger partial charge on any atom is -0.350 e. The van der Waals surface area contributed by atoms with Gasteiger partial charge in [0.25, 0.3) is 5.91 Å². The van der Waals surface area contributed by atoms with Crippen molar-refractivity contribution in [1.29, 1.82) is 0 Å². The van der Waals surface area contributed by atoms with E-state index in [0.717, 1.165) is 0 Å². The van der Waals surface area contributed by atoms with E-state index in [-0.39, 0.29) is 11.6 Å². The van der Waals surface area contributed by atoms with Gasteiger partial charge in [0.05, 0.1) is 5.02 Å². The highest BCUT2D eigenvalue weighted by Gasteiger charge is 2.18. The first kappa shape index (κ1) is 13.1. The fourth-order valence-corrected chi connectivity index (χ4v) is 2.41. The molecule has 0 spiro atoms. The molecular weight excluding hydrogens is 252 g/mol. The highest BCUT2D eigenvalue weighted by atomic mass is 35.5. The molecule has 1 aliphatic carbocycles. The lowest BCUT2D eigenvalue weighted by Crippen LogP contribution is -2.29. The van der Waals surface area contributed by atoms with Gasteiger partial charge in [-0.2, -0.15) is 0 Å². The fourth-order valence-electron chi connectivity index (χ4n) is 2.22. The molecule has 4 N–H and O–H groups in total. The Balaban J connectivity index is 1.98. The van der Waals surface area contributed by atoms with E-state index < -0.39 is 0 Å². The van der Waals surface area contributed by atoms with Gasteiger partial charge in [-0.05, 0) is 30.9 Å². The lowest BCUT2D eigenvalue weighted by atomic mass is 10.1. The number of carbonyl (C=O) groups is 1. The molecule has 5 nitrogen and oxygen atoms in total. The average molecular weight is 269 g/mol. The summed E-state index contributed by atoms with van der Waals surface area (Å²) in [7, 11) is 0. The number of carbonyl (C=O) groups excluding carboxylic acids is 1. The summed E-state index contributed by atoms with van der Waals surface area (Å²) in [5.74, 6) is 6.02. The van der Waals surface area contributed by atoms with Gasteiger partial charge in [0, 0.05) is 6.54 Å². The third-order valence-corrected chi connectivity index (χ3v) is 3.54. The summed E-state index contributed by atoms with van der Waals surface area (Å²) in [6.07, 6.45) is 4.88. The quantitative estimate of drug-likeness (QED) is 0.576. The van der Waals surface area contributed by atoms with Crippen LogP contribution in [0.3, 0.4) is 0 Å². The van der Waals surface area contributed by atoms with Crippen LogP contribution in [0.4, 0.5) is 5.82 Å². The highest BCUT2D eigenvalue weighted by molar-refractivity contribution is 6.33. The van der Waals surface area contributed by atoms with Gasteiger partial charge in [-0.3, -0.25) is 4.79 Å². The Morgan fingerprint density at radius 1 is 1.44 bits per heavy atom. The number of nitrogens with zero attached hydrogens (tertiary/aromatic N) is 1. The predicted molar refractivity (Wildman–Crippen MR) is 71.3 cm³/mol. The van der Waals surface area contributed by atoms with Crippen LogP contribution in [0.1, 0.15) is 36.2 Å². The molecule has 0 saturated heterocycles. The molecule has 1 saturated carbocycles. The summed E-state index contributed by atoms with van der Waals surface area (Å²) in [4.78, 5) is 16.0. The fraction of sp³-hybridized carbons (Fsp3) is 0.500. The molecule has 18 heavy (non-hydrogen) atoms. The van der Waals surface area contributed by atoms with Gasteiger partial charge < -0.3 is 10.7 Å². The van der Waals surface area contributed by atoms with Crippen molar-refractivity contribution in [2.75, 3.05) is 12.0 Å². The third-order valence-electron chi connectivity index (χ3n) is 3.24. The second-order valence-corrected chi connectivity index (χ2v) is 4.94. The summed E-state index contributed by atoms with van der Waals surface area (Å²) in [5.41, 5.74) is 2.61. The van der Waals surface area contributed by atoms with Crippen molar-refractivity contribution in [1.82, 2.24) is 10.3 Å². The standard InChI is InChI=1S/C12H17ClN4O/c13-9-5-6-10(17-14)16-11(9)12(18)15-7-8-3-1-2-4-8/h5-6,8H,1-4,7,14H2,(H,15,18)(H,16,17). The molecule has 1 amide bonds. The molecule has 0 aliphatic heterocycles. The van der Waals surface area contributed by atoms with Gasteiger partial charge in [-0.25, -0.2) is 10.8 Å². The van der Waals surface area contributed by atoms with Gasteiger partial charge in [0.15, 0.2) is 0 Å². The number of aromatic nitrogens is 1. The van der Waals surface area contributed by atoms with Crippen molar-refractivity contribution >= 4 is 23.3 Å². The molecule has 0 atom stereocenters. The van der Waals surface area contributed by atoms with Crippen LogP contribution < -0.4 is 16.6 Å². The van der Waals surface area contributed by atoms with E-state index in [4.69, 9.17) is 17.4 Å². The summed E-state index contributed by atoms with van der Waals surface area (Å²) in [6.45, 7) is 0.692. The Kier molecular flexibility index (Phi) is 4.38. The number of amides is 1. The first-order chi connectivity index (χ1) is 8.70. The average Bonchev–Trinajstić information content (AvgIpc) is 2.89. The molecule has 1 heterocycles. The maximum atomic E-state index is 12.0. The Bertz CT molecular complexity index is 432. The van der Waals surface area contributed by atoms with Crippen LogP contribution in [-0.4, -0.2) is 17.4 Å². The molecule has 98 valence electrons. The van der Waals surface area contributed by atoms with Crippen molar-refractivity contribution in [3.63, 3.8) is 0 Å². The zero-order chi connectivity index (χ0) is 13.0. The summed E-state index contributed by atoms with van der Waals surface area (Å²) < 4.78 is 0. The van der Waals surface area contributed by atoms with Gasteiger partial charge in [0.2, 0.25) is 0 Å². The first-order valence-electron chi connectivity index (χ1n) is 6.12. The van der Waals surface area contributed by atoms with Crippen LogP contribution in [0.5, 0.6) is 0 Å². The Morgan fingerprint density at radius 3 is 2.83 bits per heavy atom. The zero-order valence-electron chi connectivity index (χ0n) is 10.1. The number of anilines is 1. The second-order valence-electron chi connectivity index (χ2n) is 4.53. The van der Waals surface area contributed by atoms with Crippen LogP contribution in [-0.2, 0) is 0 Å². The molecule has 6 heteroatoms. The summed E-state index contributed by atoms with van der Waals surface area (Å²) in [6, 6.07) is 3.23. The maximum absolute atomic E-state index is 12.0. The van der Waals surface area contributed by atoms with Crippen molar-refractivity contribution in [2.45, 2.75) is 25.7 Å². The number of halogens is 1. The van der Waals surface area contributed by atoms with Crippen molar-refractivity contribution in [2.24, 2.45) is 11.8 Å². The number of nitrogen functional groups attached to an aromatic ring is 1. The molecule has 0 unspecified atom stereocenters. The van der Waals surface area contributed by atoms with Crippen LogP contribution in [0, 0.1) is 5.92 Å². The zero-order valence-corrected chi connectivity index (χ0v) is 10.8. The number of nitrogens with two attached hydrogens (primary N) is 1. The normalized spacial score (nSPS) is 15.7. The highest BCUT2D eigenvalue weighted by Crippen LogP contribution is 2.24. The molecule has 1 aromatic rings. The minimum absolute atomic E-state index is 0.213. The van der Waals surface area contributed by atoms with Gasteiger partial charge >= 0.3 is 0 Å². The predicted octanol–water partition coefficient (Wildman–Crippen LogP) is 1.94. The largest absolute Gasteiger partial charge is 0.350 e. The minimum atomic E-state index is -0.246.